The van der Waals surface area contributed by atoms with E-state index >= 15 is 0 Å². The Morgan fingerprint density at radius 2 is 1.72 bits per heavy atom. The van der Waals surface area contributed by atoms with Crippen LogP contribution in [0.5, 0.6) is 11.5 Å². The van der Waals surface area contributed by atoms with Gasteiger partial charge in [-0.1, -0.05) is 60.7 Å². The molecule has 1 aliphatic carbocycles. The fraction of sp³-hybridized carbons (Fsp3) is 0.357. The molecule has 0 saturated carbocycles. The number of aliphatic hydroxyl groups is 1. The van der Waals surface area contributed by atoms with Crippen LogP contribution in [0.1, 0.15) is 29.5 Å². The molecule has 3 aromatic carbocycles. The highest BCUT2D eigenvalue weighted by Crippen LogP contribution is 2.31. The molecule has 0 fully saturated rings. The van der Waals surface area contributed by atoms with Crippen LogP contribution in [-0.4, -0.2) is 42.4 Å². The molecule has 0 spiro atoms. The molecule has 0 saturated heterocycles. The molecule has 1 unspecified atom stereocenters. The van der Waals surface area contributed by atoms with Crippen LogP contribution >= 0.6 is 0 Å². The summed E-state index contributed by atoms with van der Waals surface area (Å²) < 4.78 is 11.5. The van der Waals surface area contributed by atoms with E-state index in [-0.39, 0.29) is 6.61 Å². The summed E-state index contributed by atoms with van der Waals surface area (Å²) in [7, 11) is 1.75. The van der Waals surface area contributed by atoms with Crippen LogP contribution in [0, 0.1) is 0 Å². The third kappa shape index (κ3) is 5.90. The number of nitrogens with zero attached hydrogens (tertiary/aromatic N) is 1. The molecule has 0 amide bonds. The molecule has 0 aliphatic heterocycles. The van der Waals surface area contributed by atoms with E-state index in [4.69, 9.17) is 9.47 Å². The average molecular weight is 432 g/mol. The lowest BCUT2D eigenvalue weighted by atomic mass is 9.99. The minimum Gasteiger partial charge on any atom is -0.496 e. The van der Waals surface area contributed by atoms with Crippen molar-refractivity contribution in [3.05, 3.63) is 95.6 Å². The maximum Gasteiger partial charge on any atom is 0.122 e. The molecule has 3 aromatic rings. The van der Waals surface area contributed by atoms with E-state index in [2.05, 4.69) is 47.4 Å². The second-order valence-corrected chi connectivity index (χ2v) is 8.54. The molecule has 2 atom stereocenters. The number of rotatable bonds is 9. The summed E-state index contributed by atoms with van der Waals surface area (Å²) in [5.41, 5.74) is 3.96. The lowest BCUT2D eigenvalue weighted by Gasteiger charge is -2.33. The Kier molecular flexibility index (Phi) is 7.81. The zero-order valence-electron chi connectivity index (χ0n) is 18.8. The molecule has 4 rings (SSSR count). The van der Waals surface area contributed by atoms with Crippen LogP contribution in [0.25, 0.3) is 0 Å². The minimum absolute atomic E-state index is 0.284. The lowest BCUT2D eigenvalue weighted by Crippen LogP contribution is -2.42. The van der Waals surface area contributed by atoms with E-state index < -0.39 is 6.10 Å². The maximum atomic E-state index is 10.9. The predicted octanol–water partition coefficient (Wildman–Crippen LogP) is 4.88. The van der Waals surface area contributed by atoms with Gasteiger partial charge < -0.3 is 14.6 Å². The van der Waals surface area contributed by atoms with Crippen LogP contribution in [0.2, 0.25) is 0 Å². The maximum absolute atomic E-state index is 10.9. The number of hydrogen-bond donors (Lipinski definition) is 1. The van der Waals surface area contributed by atoms with Gasteiger partial charge in [0.25, 0.3) is 0 Å². The number of hydrogen-bond acceptors (Lipinski definition) is 4. The Morgan fingerprint density at radius 3 is 2.47 bits per heavy atom. The molecule has 0 bridgehead atoms. The first-order valence-corrected chi connectivity index (χ1v) is 11.5. The fourth-order valence-corrected chi connectivity index (χ4v) is 4.65. The number of methoxy groups -OCH3 is 1. The molecule has 0 heterocycles. The normalized spacial score (nSPS) is 16.8. The van der Waals surface area contributed by atoms with E-state index in [1.54, 1.807) is 7.11 Å². The topological polar surface area (TPSA) is 41.9 Å². The van der Waals surface area contributed by atoms with E-state index in [1.807, 2.05) is 36.4 Å². The smallest absolute Gasteiger partial charge is 0.122 e. The minimum atomic E-state index is -0.563. The first-order valence-electron chi connectivity index (χ1n) is 11.5. The van der Waals surface area contributed by atoms with Gasteiger partial charge >= 0.3 is 0 Å². The summed E-state index contributed by atoms with van der Waals surface area (Å²) >= 11 is 0. The number of para-hydroxylation sites is 1. The predicted molar refractivity (Wildman–Crippen MR) is 128 cm³/mol. The molecule has 0 aromatic heterocycles. The highest BCUT2D eigenvalue weighted by atomic mass is 16.5. The van der Waals surface area contributed by atoms with Crippen LogP contribution in [0.3, 0.4) is 0 Å². The van der Waals surface area contributed by atoms with Crippen molar-refractivity contribution >= 4 is 0 Å². The molecule has 32 heavy (non-hydrogen) atoms. The van der Waals surface area contributed by atoms with Crippen molar-refractivity contribution in [2.24, 2.45) is 0 Å². The molecular formula is C28H33NO3. The quantitative estimate of drug-likeness (QED) is 0.490. The van der Waals surface area contributed by atoms with Gasteiger partial charge in [-0.15, -0.1) is 0 Å². The third-order valence-electron chi connectivity index (χ3n) is 6.25. The Morgan fingerprint density at radius 1 is 0.969 bits per heavy atom. The highest BCUT2D eigenvalue weighted by molar-refractivity contribution is 5.41. The van der Waals surface area contributed by atoms with Crippen molar-refractivity contribution in [1.29, 1.82) is 0 Å². The standard InChI is InChI=1S/C28H33NO3/c1-31-28-17-8-12-23-18-24(13-9-16-27(23)28)29(19-22-10-4-2-5-11-22)20-25(30)21-32-26-14-6-3-7-15-26/h2-8,10-12,14-15,17,24-25,30H,9,13,16,18-21H2,1H3/t24?,25-/m0/s1. The monoisotopic (exact) mass is 431 g/mol. The SMILES string of the molecule is COc1cccc2c1CCCC(N(Cc1ccccc1)C[C@H](O)COc1ccccc1)C2. The molecule has 4 nitrogen and oxygen atoms in total. The Bertz CT molecular complexity index is 961. The van der Waals surface area contributed by atoms with Crippen molar-refractivity contribution in [3.8, 4) is 11.5 Å². The van der Waals surface area contributed by atoms with Gasteiger partial charge in [0.2, 0.25) is 0 Å². The lowest BCUT2D eigenvalue weighted by molar-refractivity contribution is 0.0463. The van der Waals surface area contributed by atoms with Gasteiger partial charge in [-0.2, -0.15) is 0 Å². The van der Waals surface area contributed by atoms with Gasteiger partial charge in [-0.25, -0.2) is 0 Å². The van der Waals surface area contributed by atoms with Crippen LogP contribution < -0.4 is 9.47 Å². The average Bonchev–Trinajstić information content (AvgIpc) is 3.06. The van der Waals surface area contributed by atoms with Gasteiger partial charge in [0.05, 0.1) is 7.11 Å². The summed E-state index contributed by atoms with van der Waals surface area (Å²) in [4.78, 5) is 2.43. The van der Waals surface area contributed by atoms with Gasteiger partial charge in [-0.05, 0) is 60.6 Å². The largest absolute Gasteiger partial charge is 0.496 e. The van der Waals surface area contributed by atoms with Crippen molar-refractivity contribution < 1.29 is 14.6 Å². The molecular weight excluding hydrogens is 398 g/mol. The van der Waals surface area contributed by atoms with Gasteiger partial charge in [-0.3, -0.25) is 4.90 Å². The van der Waals surface area contributed by atoms with Crippen molar-refractivity contribution in [3.63, 3.8) is 0 Å². The molecule has 1 aliphatic rings. The molecule has 1 N–H and O–H groups in total. The van der Waals surface area contributed by atoms with Crippen molar-refractivity contribution in [1.82, 2.24) is 4.90 Å². The van der Waals surface area contributed by atoms with Gasteiger partial charge in [0, 0.05) is 19.1 Å². The number of ether oxygens (including phenoxy) is 2. The summed E-state index contributed by atoms with van der Waals surface area (Å²) in [6, 6.07) is 27.0. The molecule has 0 radical (unpaired) electrons. The van der Waals surface area contributed by atoms with E-state index in [1.165, 1.54) is 16.7 Å². The second-order valence-electron chi connectivity index (χ2n) is 8.54. The van der Waals surface area contributed by atoms with Gasteiger partial charge in [0.1, 0.15) is 24.2 Å². The van der Waals surface area contributed by atoms with Crippen LogP contribution in [-0.2, 0) is 19.4 Å². The Hall–Kier alpha value is -2.82. The molecule has 168 valence electrons. The third-order valence-corrected chi connectivity index (χ3v) is 6.25. The summed E-state index contributed by atoms with van der Waals surface area (Å²) in [6.45, 7) is 1.67. The Labute approximate surface area is 191 Å². The van der Waals surface area contributed by atoms with Gasteiger partial charge in [0.15, 0.2) is 0 Å². The summed E-state index contributed by atoms with van der Waals surface area (Å²) in [5, 5.41) is 10.9. The van der Waals surface area contributed by atoms with Crippen molar-refractivity contribution in [2.75, 3.05) is 20.3 Å². The first-order chi connectivity index (χ1) is 15.7. The van der Waals surface area contributed by atoms with E-state index in [9.17, 15) is 5.11 Å². The van der Waals surface area contributed by atoms with Crippen LogP contribution in [0.4, 0.5) is 0 Å². The number of fused-ring (bicyclic) bond motifs is 1. The van der Waals surface area contributed by atoms with E-state index in [0.717, 1.165) is 43.7 Å². The fourth-order valence-electron chi connectivity index (χ4n) is 4.65. The van der Waals surface area contributed by atoms with E-state index in [0.29, 0.717) is 12.6 Å². The zero-order valence-corrected chi connectivity index (χ0v) is 18.8. The number of aliphatic hydroxyl groups excluding tert-OH is 1. The first kappa shape index (κ1) is 22.4. The zero-order chi connectivity index (χ0) is 22.2. The highest BCUT2D eigenvalue weighted by Gasteiger charge is 2.26. The summed E-state index contributed by atoms with van der Waals surface area (Å²) in [6.07, 6.45) is 3.64. The summed E-state index contributed by atoms with van der Waals surface area (Å²) in [5.74, 6) is 1.78. The van der Waals surface area contributed by atoms with Crippen molar-refractivity contribution in [2.45, 2.75) is 44.4 Å². The second kappa shape index (κ2) is 11.2. The Balaban J connectivity index is 1.49. The number of benzene rings is 3. The van der Waals surface area contributed by atoms with Crippen LogP contribution in [0.15, 0.2) is 78.9 Å². The molecule has 4 heteroatoms.